The van der Waals surface area contributed by atoms with Crippen LogP contribution in [-0.2, 0) is 48.0 Å². The van der Waals surface area contributed by atoms with Crippen molar-refractivity contribution in [3.05, 3.63) is 0 Å². The van der Waals surface area contributed by atoms with E-state index in [1.807, 2.05) is 0 Å². The summed E-state index contributed by atoms with van der Waals surface area (Å²) in [6.07, 6.45) is 0.266. The molecule has 0 aromatic carbocycles. The molecule has 0 radical (unpaired) electrons. The lowest BCUT2D eigenvalue weighted by atomic mass is 10.4. The van der Waals surface area contributed by atoms with Crippen molar-refractivity contribution in [2.75, 3.05) is 11.5 Å². The fraction of sp³-hybridized carbons (Fsp3) is 0.529. The van der Waals surface area contributed by atoms with Gasteiger partial charge in [-0.3, -0.25) is 28.8 Å². The van der Waals surface area contributed by atoms with Crippen LogP contribution in [0.25, 0.3) is 0 Å². The maximum absolute atomic E-state index is 11.2. The number of nitrogens with zero attached hydrogens (tertiary/aromatic N) is 2. The van der Waals surface area contributed by atoms with Gasteiger partial charge in [0.1, 0.15) is 5.75 Å². The van der Waals surface area contributed by atoms with Crippen LogP contribution < -0.4 is 0 Å². The lowest BCUT2D eigenvalue weighted by molar-refractivity contribution is -0.197. The molecule has 14 heteroatoms. The van der Waals surface area contributed by atoms with Crippen LogP contribution in [-0.4, -0.2) is 67.4 Å². The monoisotopic (exact) mass is 476 g/mol. The van der Waals surface area contributed by atoms with Crippen LogP contribution in [0.15, 0.2) is 0 Å². The molecule has 2 aliphatic rings. The molecule has 2 heterocycles. The quantitative estimate of drug-likeness (QED) is 0.457. The highest BCUT2D eigenvalue weighted by Gasteiger charge is 2.33. The summed E-state index contributed by atoms with van der Waals surface area (Å²) in [6, 6.07) is 0. The SMILES string of the molecule is CC(=O)SCC(=O)ON1C(=O)CCC1=O.CC(=O)SCCC(=O)ON1C(=O)CCC1=O. The summed E-state index contributed by atoms with van der Waals surface area (Å²) in [5.41, 5.74) is 0. The first-order valence-corrected chi connectivity index (χ1v) is 10.9. The Morgan fingerprint density at radius 2 is 1.10 bits per heavy atom. The number of rotatable bonds is 7. The molecular formula is C17H20N2O10S2. The van der Waals surface area contributed by atoms with Crippen LogP contribution in [0.1, 0.15) is 46.0 Å². The van der Waals surface area contributed by atoms with Gasteiger partial charge in [-0.2, -0.15) is 0 Å². The van der Waals surface area contributed by atoms with Crippen molar-refractivity contribution in [3.8, 4) is 0 Å². The summed E-state index contributed by atoms with van der Waals surface area (Å²) in [4.78, 5) is 96.6. The van der Waals surface area contributed by atoms with Crippen molar-refractivity contribution in [2.24, 2.45) is 0 Å². The zero-order valence-corrected chi connectivity index (χ0v) is 18.4. The zero-order chi connectivity index (χ0) is 23.6. The van der Waals surface area contributed by atoms with Crippen LogP contribution in [0.4, 0.5) is 0 Å². The van der Waals surface area contributed by atoms with Gasteiger partial charge in [-0.25, -0.2) is 9.59 Å². The summed E-state index contributed by atoms with van der Waals surface area (Å²) >= 11 is 1.75. The number of carbonyl (C=O) groups is 8. The molecule has 4 amide bonds. The average Bonchev–Trinajstić information content (AvgIpc) is 3.17. The lowest BCUT2D eigenvalue weighted by Crippen LogP contribution is -2.32. The fourth-order valence-electron chi connectivity index (χ4n) is 2.03. The number of hydrogen-bond acceptors (Lipinski definition) is 12. The molecule has 2 rings (SSSR count). The molecule has 0 bridgehead atoms. The minimum Gasteiger partial charge on any atom is -0.330 e. The van der Waals surface area contributed by atoms with E-state index in [0.717, 1.165) is 23.5 Å². The molecule has 170 valence electrons. The van der Waals surface area contributed by atoms with E-state index < -0.39 is 35.6 Å². The Morgan fingerprint density at radius 3 is 1.48 bits per heavy atom. The Bertz CT molecular complexity index is 766. The third-order valence-corrected chi connectivity index (χ3v) is 5.00. The molecule has 0 unspecified atom stereocenters. The van der Waals surface area contributed by atoms with Crippen LogP contribution in [0.2, 0.25) is 0 Å². The van der Waals surface area contributed by atoms with Crippen molar-refractivity contribution >= 4 is 69.3 Å². The van der Waals surface area contributed by atoms with E-state index in [4.69, 9.17) is 0 Å². The zero-order valence-electron chi connectivity index (χ0n) is 16.7. The number of thioether (sulfide) groups is 2. The number of imide groups is 2. The van der Waals surface area contributed by atoms with Gasteiger partial charge in [-0.15, -0.1) is 10.1 Å². The van der Waals surface area contributed by atoms with E-state index in [1.165, 1.54) is 13.8 Å². The van der Waals surface area contributed by atoms with Crippen molar-refractivity contribution in [1.29, 1.82) is 0 Å². The number of hydroxylamine groups is 4. The second-order valence-electron chi connectivity index (χ2n) is 5.96. The summed E-state index contributed by atoms with van der Waals surface area (Å²) in [6.45, 7) is 2.70. The second-order valence-corrected chi connectivity index (χ2v) is 8.38. The first kappa shape index (κ1) is 26.3. The summed E-state index contributed by atoms with van der Waals surface area (Å²) < 4.78 is 0. The summed E-state index contributed by atoms with van der Waals surface area (Å²) in [7, 11) is 0. The van der Waals surface area contributed by atoms with E-state index in [9.17, 15) is 38.4 Å². The maximum atomic E-state index is 11.2. The van der Waals surface area contributed by atoms with Gasteiger partial charge >= 0.3 is 11.9 Å². The highest BCUT2D eigenvalue weighted by atomic mass is 32.2. The Morgan fingerprint density at radius 1 is 0.710 bits per heavy atom. The van der Waals surface area contributed by atoms with Gasteiger partial charge < -0.3 is 9.68 Å². The molecule has 0 aromatic rings. The Labute approximate surface area is 185 Å². The van der Waals surface area contributed by atoms with Gasteiger partial charge in [0.2, 0.25) is 0 Å². The largest absolute Gasteiger partial charge is 0.343 e. The minimum atomic E-state index is -0.779. The molecule has 0 spiro atoms. The van der Waals surface area contributed by atoms with Gasteiger partial charge in [0, 0.05) is 45.3 Å². The van der Waals surface area contributed by atoms with Crippen molar-refractivity contribution < 1.29 is 48.0 Å². The Hall–Kier alpha value is -2.74. The minimum absolute atomic E-state index is 0.0126. The highest BCUT2D eigenvalue weighted by molar-refractivity contribution is 8.14. The molecule has 2 aliphatic heterocycles. The number of hydrogen-bond donors (Lipinski definition) is 0. The molecule has 0 N–H and O–H groups in total. The predicted molar refractivity (Wildman–Crippen MR) is 105 cm³/mol. The van der Waals surface area contributed by atoms with Crippen molar-refractivity contribution in [3.63, 3.8) is 0 Å². The second kappa shape index (κ2) is 12.8. The third kappa shape index (κ3) is 9.74. The molecule has 31 heavy (non-hydrogen) atoms. The van der Waals surface area contributed by atoms with Gasteiger partial charge in [0.05, 0.1) is 6.42 Å². The van der Waals surface area contributed by atoms with Gasteiger partial charge in [0.15, 0.2) is 10.2 Å². The van der Waals surface area contributed by atoms with E-state index in [-0.39, 0.29) is 53.8 Å². The molecule has 2 saturated heterocycles. The summed E-state index contributed by atoms with van der Waals surface area (Å²) in [5.74, 6) is -3.44. The number of amides is 4. The average molecular weight is 476 g/mol. The van der Waals surface area contributed by atoms with E-state index >= 15 is 0 Å². The highest BCUT2D eigenvalue weighted by Crippen LogP contribution is 2.14. The van der Waals surface area contributed by atoms with Crippen LogP contribution >= 0.6 is 23.5 Å². The number of carbonyl (C=O) groups excluding carboxylic acids is 8. The van der Waals surface area contributed by atoms with Crippen LogP contribution in [0.3, 0.4) is 0 Å². The molecule has 0 atom stereocenters. The lowest BCUT2D eigenvalue weighted by Gasteiger charge is -2.11. The smallest absolute Gasteiger partial charge is 0.330 e. The van der Waals surface area contributed by atoms with Crippen LogP contribution in [0, 0.1) is 0 Å². The third-order valence-electron chi connectivity index (χ3n) is 3.40. The van der Waals surface area contributed by atoms with Crippen LogP contribution in [0.5, 0.6) is 0 Å². The molecule has 0 saturated carbocycles. The first-order chi connectivity index (χ1) is 14.5. The molecule has 0 aromatic heterocycles. The predicted octanol–water partition coefficient (Wildman–Crippen LogP) is 0.137. The Balaban J connectivity index is 0.000000311. The molecule has 0 aliphatic carbocycles. The molecule has 12 nitrogen and oxygen atoms in total. The van der Waals surface area contributed by atoms with Gasteiger partial charge in [-0.05, 0) is 0 Å². The summed E-state index contributed by atoms with van der Waals surface area (Å²) in [5, 5.41) is 0.635. The Kier molecular flexibility index (Phi) is 10.9. The van der Waals surface area contributed by atoms with Gasteiger partial charge in [-0.1, -0.05) is 23.5 Å². The molecular weight excluding hydrogens is 456 g/mol. The maximum Gasteiger partial charge on any atom is 0.343 e. The topological polar surface area (TPSA) is 161 Å². The van der Waals surface area contributed by atoms with Crippen molar-refractivity contribution in [1.82, 2.24) is 10.1 Å². The molecule has 2 fully saturated rings. The standard InChI is InChI=1S/C9H11NO5S.C8H9NO5S/c1-6(11)16-5-4-9(14)15-10-7(12)2-3-8(10)13;1-5(10)15-4-8(13)14-9-6(11)2-3-7(9)12/h2-5H2,1H3;2-4H2,1H3. The van der Waals surface area contributed by atoms with E-state index in [0.29, 0.717) is 10.1 Å². The normalized spacial score (nSPS) is 15.5. The fourth-order valence-corrected chi connectivity index (χ4v) is 2.96. The van der Waals surface area contributed by atoms with Crippen molar-refractivity contribution in [2.45, 2.75) is 46.0 Å². The first-order valence-electron chi connectivity index (χ1n) is 8.91. The van der Waals surface area contributed by atoms with E-state index in [2.05, 4.69) is 9.68 Å². The van der Waals surface area contributed by atoms with Gasteiger partial charge in [0.25, 0.3) is 23.6 Å². The van der Waals surface area contributed by atoms with E-state index in [1.54, 1.807) is 0 Å².